The number of nitrogens with one attached hydrogen (secondary N) is 1. The number of anilines is 1. The minimum atomic E-state index is -0.00305. The number of nitrogen functional groups attached to an aromatic ring is 1. The Morgan fingerprint density at radius 2 is 2.00 bits per heavy atom. The van der Waals surface area contributed by atoms with Gasteiger partial charge in [0.15, 0.2) is 0 Å². The van der Waals surface area contributed by atoms with E-state index in [1.807, 2.05) is 18.3 Å². The number of rotatable bonds is 2. The highest BCUT2D eigenvalue weighted by atomic mass is 32.1. The molecule has 0 unspecified atom stereocenters. The standard InChI is InChI=1S/C19H17N3OS/c1-11-2-5-17(24-11)14-9-16(18(20)22-10-14)12-3-4-15-13(8-12)6-7-21-19(15)23/h2-5,8-10H,6-7H2,1H3,(H2,20,22)(H,21,23). The van der Waals surface area contributed by atoms with Crippen molar-refractivity contribution in [3.05, 3.63) is 58.6 Å². The first-order valence-corrected chi connectivity index (χ1v) is 8.67. The van der Waals surface area contributed by atoms with Gasteiger partial charge in [0.2, 0.25) is 0 Å². The second-order valence-corrected chi connectivity index (χ2v) is 7.23. The summed E-state index contributed by atoms with van der Waals surface area (Å²) in [6.45, 7) is 2.77. The van der Waals surface area contributed by atoms with Crippen molar-refractivity contribution in [1.82, 2.24) is 10.3 Å². The first-order valence-electron chi connectivity index (χ1n) is 7.85. The maximum atomic E-state index is 11.9. The fraction of sp³-hybridized carbons (Fsp3) is 0.158. The summed E-state index contributed by atoms with van der Waals surface area (Å²) in [6.07, 6.45) is 2.65. The van der Waals surface area contributed by atoms with Crippen LogP contribution >= 0.6 is 11.3 Å². The number of nitrogens with two attached hydrogens (primary N) is 1. The van der Waals surface area contributed by atoms with Crippen LogP contribution < -0.4 is 11.1 Å². The molecule has 2 aromatic heterocycles. The van der Waals surface area contributed by atoms with Crippen molar-refractivity contribution in [3.63, 3.8) is 0 Å². The van der Waals surface area contributed by atoms with Gasteiger partial charge in [0.1, 0.15) is 5.82 Å². The smallest absolute Gasteiger partial charge is 0.251 e. The van der Waals surface area contributed by atoms with Crippen LogP contribution in [0.25, 0.3) is 21.6 Å². The summed E-state index contributed by atoms with van der Waals surface area (Å²) in [6, 6.07) is 12.2. The van der Waals surface area contributed by atoms with Gasteiger partial charge in [-0.25, -0.2) is 4.98 Å². The Labute approximate surface area is 144 Å². The Balaban J connectivity index is 1.80. The number of nitrogens with zero attached hydrogens (tertiary/aromatic N) is 1. The minimum Gasteiger partial charge on any atom is -0.383 e. The van der Waals surface area contributed by atoms with Gasteiger partial charge >= 0.3 is 0 Å². The number of hydrogen-bond acceptors (Lipinski definition) is 4. The Kier molecular flexibility index (Phi) is 3.58. The highest BCUT2D eigenvalue weighted by molar-refractivity contribution is 7.15. The molecule has 3 aromatic rings. The Morgan fingerprint density at radius 3 is 2.79 bits per heavy atom. The van der Waals surface area contributed by atoms with Crippen molar-refractivity contribution in [3.8, 4) is 21.6 Å². The number of carbonyl (C=O) groups is 1. The maximum Gasteiger partial charge on any atom is 0.251 e. The van der Waals surface area contributed by atoms with Crippen LogP contribution in [0.1, 0.15) is 20.8 Å². The lowest BCUT2D eigenvalue weighted by molar-refractivity contribution is 0.0946. The number of thiophene rings is 1. The molecule has 3 heterocycles. The van der Waals surface area contributed by atoms with Crippen LogP contribution in [0, 0.1) is 6.92 Å². The molecule has 1 aliphatic heterocycles. The molecule has 4 nitrogen and oxygen atoms in total. The fourth-order valence-corrected chi connectivity index (χ4v) is 3.88. The molecule has 0 spiro atoms. The average molecular weight is 335 g/mol. The number of carbonyl (C=O) groups excluding carboxylic acids is 1. The van der Waals surface area contributed by atoms with E-state index in [1.165, 1.54) is 9.75 Å². The summed E-state index contributed by atoms with van der Waals surface area (Å²) in [4.78, 5) is 18.7. The third-order valence-electron chi connectivity index (χ3n) is 4.28. The molecule has 4 rings (SSSR count). The number of pyridine rings is 1. The van der Waals surface area contributed by atoms with Crippen LogP contribution in [-0.2, 0) is 6.42 Å². The molecule has 5 heteroatoms. The van der Waals surface area contributed by atoms with Crippen LogP contribution in [0.2, 0.25) is 0 Å². The van der Waals surface area contributed by atoms with Gasteiger partial charge in [-0.2, -0.15) is 0 Å². The van der Waals surface area contributed by atoms with Crippen LogP contribution in [-0.4, -0.2) is 17.4 Å². The molecule has 3 N–H and O–H groups in total. The van der Waals surface area contributed by atoms with Crippen molar-refractivity contribution >= 4 is 23.1 Å². The zero-order valence-corrected chi connectivity index (χ0v) is 14.1. The number of aromatic nitrogens is 1. The molecule has 0 fully saturated rings. The molecule has 120 valence electrons. The Morgan fingerprint density at radius 1 is 1.12 bits per heavy atom. The number of fused-ring (bicyclic) bond motifs is 1. The number of benzene rings is 1. The molecular formula is C19H17N3OS. The molecule has 0 aliphatic carbocycles. The topological polar surface area (TPSA) is 68.0 Å². The van der Waals surface area contributed by atoms with E-state index in [4.69, 9.17) is 5.73 Å². The number of hydrogen-bond donors (Lipinski definition) is 2. The normalized spacial score (nSPS) is 13.5. The van der Waals surface area contributed by atoms with E-state index in [2.05, 4.69) is 41.5 Å². The first kappa shape index (κ1) is 14.9. The third kappa shape index (κ3) is 2.57. The summed E-state index contributed by atoms with van der Waals surface area (Å²) in [7, 11) is 0. The van der Waals surface area contributed by atoms with Gasteiger partial charge in [-0.3, -0.25) is 4.79 Å². The van der Waals surface area contributed by atoms with E-state index in [9.17, 15) is 4.79 Å². The highest BCUT2D eigenvalue weighted by Crippen LogP contribution is 2.33. The van der Waals surface area contributed by atoms with Gasteiger partial charge in [-0.15, -0.1) is 11.3 Å². The van der Waals surface area contributed by atoms with Crippen molar-refractivity contribution < 1.29 is 4.79 Å². The Hall–Kier alpha value is -2.66. The van der Waals surface area contributed by atoms with Crippen molar-refractivity contribution in [2.75, 3.05) is 12.3 Å². The quantitative estimate of drug-likeness (QED) is 0.751. The Bertz CT molecular complexity index is 946. The van der Waals surface area contributed by atoms with Crippen LogP contribution in [0.5, 0.6) is 0 Å². The van der Waals surface area contributed by atoms with Crippen LogP contribution in [0.15, 0.2) is 42.6 Å². The third-order valence-corrected chi connectivity index (χ3v) is 5.33. The zero-order chi connectivity index (χ0) is 16.7. The summed E-state index contributed by atoms with van der Waals surface area (Å²) in [5.74, 6) is 0.504. The molecule has 1 amide bonds. The molecule has 24 heavy (non-hydrogen) atoms. The second kappa shape index (κ2) is 5.76. The van der Waals surface area contributed by atoms with E-state index in [-0.39, 0.29) is 5.91 Å². The lowest BCUT2D eigenvalue weighted by Crippen LogP contribution is -2.31. The molecule has 0 radical (unpaired) electrons. The summed E-state index contributed by atoms with van der Waals surface area (Å²) in [5.41, 5.74) is 10.9. The van der Waals surface area contributed by atoms with E-state index < -0.39 is 0 Å². The molecule has 1 aliphatic rings. The minimum absolute atomic E-state index is 0.00305. The molecule has 0 atom stereocenters. The van der Waals surface area contributed by atoms with Gasteiger partial charge < -0.3 is 11.1 Å². The molecule has 1 aromatic carbocycles. The van der Waals surface area contributed by atoms with E-state index in [1.54, 1.807) is 11.3 Å². The monoisotopic (exact) mass is 335 g/mol. The predicted molar refractivity (Wildman–Crippen MR) is 98.2 cm³/mol. The van der Waals surface area contributed by atoms with Gasteiger partial charge in [0, 0.05) is 39.2 Å². The van der Waals surface area contributed by atoms with E-state index >= 15 is 0 Å². The molecular weight excluding hydrogens is 318 g/mol. The number of aryl methyl sites for hydroxylation is 1. The lowest BCUT2D eigenvalue weighted by Gasteiger charge is -2.17. The number of amides is 1. The maximum absolute atomic E-state index is 11.9. The van der Waals surface area contributed by atoms with Crippen LogP contribution in [0.4, 0.5) is 5.82 Å². The van der Waals surface area contributed by atoms with Crippen molar-refractivity contribution in [2.24, 2.45) is 0 Å². The van der Waals surface area contributed by atoms with Crippen molar-refractivity contribution in [1.29, 1.82) is 0 Å². The van der Waals surface area contributed by atoms with Crippen LogP contribution in [0.3, 0.4) is 0 Å². The summed E-state index contributed by atoms with van der Waals surface area (Å²) < 4.78 is 0. The summed E-state index contributed by atoms with van der Waals surface area (Å²) >= 11 is 1.74. The van der Waals surface area contributed by atoms with E-state index in [0.717, 1.165) is 34.2 Å². The largest absolute Gasteiger partial charge is 0.383 e. The first-order chi connectivity index (χ1) is 11.6. The van der Waals surface area contributed by atoms with Gasteiger partial charge in [-0.05, 0) is 48.7 Å². The predicted octanol–water partition coefficient (Wildman–Crippen LogP) is 3.65. The van der Waals surface area contributed by atoms with Crippen molar-refractivity contribution in [2.45, 2.75) is 13.3 Å². The molecule has 0 bridgehead atoms. The van der Waals surface area contributed by atoms with E-state index in [0.29, 0.717) is 12.4 Å². The molecule has 0 saturated heterocycles. The van der Waals surface area contributed by atoms with Gasteiger partial charge in [-0.1, -0.05) is 12.1 Å². The molecule has 0 saturated carbocycles. The lowest BCUT2D eigenvalue weighted by atomic mass is 9.94. The van der Waals surface area contributed by atoms with Gasteiger partial charge in [0.25, 0.3) is 5.91 Å². The average Bonchev–Trinajstić information content (AvgIpc) is 3.02. The summed E-state index contributed by atoms with van der Waals surface area (Å²) in [5, 5.41) is 2.87. The second-order valence-electron chi connectivity index (χ2n) is 5.94. The van der Waals surface area contributed by atoms with Gasteiger partial charge in [0.05, 0.1) is 0 Å². The fourth-order valence-electron chi connectivity index (χ4n) is 3.03. The zero-order valence-electron chi connectivity index (χ0n) is 13.3. The highest BCUT2D eigenvalue weighted by Gasteiger charge is 2.18. The SMILES string of the molecule is Cc1ccc(-c2cnc(N)c(-c3ccc4c(c3)CCNC4=O)c2)s1.